The number of carboxylic acid groups (broad SMARTS) is 1. The van der Waals surface area contributed by atoms with Crippen molar-refractivity contribution < 1.29 is 9.90 Å². The summed E-state index contributed by atoms with van der Waals surface area (Å²) in [7, 11) is 0. The Hall–Kier alpha value is -1.94. The first-order valence-corrected chi connectivity index (χ1v) is 6.93. The van der Waals surface area contributed by atoms with Crippen molar-refractivity contribution in [3.8, 4) is 0 Å². The van der Waals surface area contributed by atoms with E-state index in [0.29, 0.717) is 0 Å². The maximum atomic E-state index is 11.0. The molecule has 0 saturated heterocycles. The van der Waals surface area contributed by atoms with Gasteiger partial charge in [-0.15, -0.1) is 0 Å². The number of fused-ring (bicyclic) bond motifs is 1. The summed E-state index contributed by atoms with van der Waals surface area (Å²) in [5.74, 6) is -0.800. The Balaban J connectivity index is 2.37. The van der Waals surface area contributed by atoms with Gasteiger partial charge < -0.3 is 5.11 Å². The van der Waals surface area contributed by atoms with Crippen LogP contribution in [0.5, 0.6) is 0 Å². The molecule has 4 heteroatoms. The van der Waals surface area contributed by atoms with E-state index in [-0.39, 0.29) is 12.6 Å². The Bertz CT molecular complexity index is 593. The minimum Gasteiger partial charge on any atom is -0.480 e. The van der Waals surface area contributed by atoms with Crippen LogP contribution in [0.3, 0.4) is 0 Å². The zero-order chi connectivity index (χ0) is 14.5. The van der Waals surface area contributed by atoms with Gasteiger partial charge in [-0.05, 0) is 31.3 Å². The topological polar surface area (TPSA) is 53.4 Å². The summed E-state index contributed by atoms with van der Waals surface area (Å²) in [6, 6.07) is 10.0. The monoisotopic (exact) mass is 272 g/mol. The summed E-state index contributed by atoms with van der Waals surface area (Å²) in [5, 5.41) is 11.3. The zero-order valence-corrected chi connectivity index (χ0v) is 11.9. The van der Waals surface area contributed by atoms with Crippen LogP contribution in [-0.4, -0.2) is 34.0 Å². The highest BCUT2D eigenvalue weighted by Crippen LogP contribution is 2.26. The molecule has 1 N–H and O–H groups in total. The number of aromatic nitrogens is 1. The third kappa shape index (κ3) is 3.14. The van der Waals surface area contributed by atoms with E-state index >= 15 is 0 Å². The van der Waals surface area contributed by atoms with Gasteiger partial charge in [-0.3, -0.25) is 14.7 Å². The summed E-state index contributed by atoms with van der Waals surface area (Å²) in [5.41, 5.74) is 0.942. The number of hydrogen-bond donors (Lipinski definition) is 1. The first-order chi connectivity index (χ1) is 9.63. The lowest BCUT2D eigenvalue weighted by Crippen LogP contribution is -2.33. The number of carbonyl (C=O) groups is 1. The van der Waals surface area contributed by atoms with E-state index < -0.39 is 5.97 Å². The largest absolute Gasteiger partial charge is 0.480 e. The predicted octanol–water partition coefficient (Wildman–Crippen LogP) is 3.09. The average molecular weight is 272 g/mol. The van der Waals surface area contributed by atoms with E-state index in [0.717, 1.165) is 29.4 Å². The first kappa shape index (κ1) is 14.5. The van der Waals surface area contributed by atoms with Crippen molar-refractivity contribution >= 4 is 16.7 Å². The van der Waals surface area contributed by atoms with Crippen LogP contribution in [0.1, 0.15) is 32.0 Å². The second-order valence-corrected chi connectivity index (χ2v) is 4.96. The summed E-state index contributed by atoms with van der Waals surface area (Å²) >= 11 is 0. The molecule has 0 aliphatic carbocycles. The third-order valence-electron chi connectivity index (χ3n) is 3.50. The van der Waals surface area contributed by atoms with E-state index in [2.05, 4.69) is 18.0 Å². The Morgan fingerprint density at radius 2 is 2.10 bits per heavy atom. The molecule has 1 unspecified atom stereocenters. The van der Waals surface area contributed by atoms with Gasteiger partial charge in [-0.2, -0.15) is 0 Å². The molecule has 0 amide bonds. The van der Waals surface area contributed by atoms with Gasteiger partial charge in [0.2, 0.25) is 0 Å². The van der Waals surface area contributed by atoms with Crippen molar-refractivity contribution in [3.05, 3.63) is 42.2 Å². The number of hydrogen-bond acceptors (Lipinski definition) is 3. The fourth-order valence-electron chi connectivity index (χ4n) is 2.52. The van der Waals surface area contributed by atoms with Gasteiger partial charge in [-0.25, -0.2) is 0 Å². The lowest BCUT2D eigenvalue weighted by atomic mass is 10.0. The minimum atomic E-state index is -0.800. The van der Waals surface area contributed by atoms with Crippen LogP contribution in [0.4, 0.5) is 0 Å². The molecule has 0 aliphatic rings. The highest BCUT2D eigenvalue weighted by atomic mass is 16.4. The summed E-state index contributed by atoms with van der Waals surface area (Å²) in [6.07, 6.45) is 2.71. The minimum absolute atomic E-state index is 0.0165. The van der Waals surface area contributed by atoms with Crippen LogP contribution in [0, 0.1) is 0 Å². The maximum Gasteiger partial charge on any atom is 0.317 e. The van der Waals surface area contributed by atoms with E-state index in [9.17, 15) is 4.79 Å². The molecule has 1 aromatic heterocycles. The lowest BCUT2D eigenvalue weighted by molar-refractivity contribution is -0.138. The van der Waals surface area contributed by atoms with Gasteiger partial charge >= 0.3 is 5.97 Å². The number of nitrogens with zero attached hydrogens (tertiary/aromatic N) is 2. The Kier molecular flexibility index (Phi) is 4.69. The van der Waals surface area contributed by atoms with Crippen molar-refractivity contribution in [2.45, 2.75) is 26.3 Å². The molecule has 0 radical (unpaired) electrons. The van der Waals surface area contributed by atoms with Crippen molar-refractivity contribution in [1.82, 2.24) is 9.88 Å². The molecule has 4 nitrogen and oxygen atoms in total. The molecule has 2 rings (SSSR count). The van der Waals surface area contributed by atoms with Crippen molar-refractivity contribution in [2.24, 2.45) is 0 Å². The Labute approximate surface area is 119 Å². The number of carboxylic acids is 1. The van der Waals surface area contributed by atoms with E-state index in [4.69, 9.17) is 5.11 Å². The molecule has 0 saturated carbocycles. The highest BCUT2D eigenvalue weighted by molar-refractivity contribution is 5.84. The maximum absolute atomic E-state index is 11.0. The second kappa shape index (κ2) is 6.48. The third-order valence-corrected chi connectivity index (χ3v) is 3.50. The number of pyridine rings is 1. The molecule has 0 aliphatic heterocycles. The van der Waals surface area contributed by atoms with Crippen LogP contribution >= 0.6 is 0 Å². The fraction of sp³-hybridized carbons (Fsp3) is 0.375. The van der Waals surface area contributed by atoms with Gasteiger partial charge in [0.05, 0.1) is 18.3 Å². The smallest absolute Gasteiger partial charge is 0.317 e. The second-order valence-electron chi connectivity index (χ2n) is 4.96. The highest BCUT2D eigenvalue weighted by Gasteiger charge is 2.20. The summed E-state index contributed by atoms with van der Waals surface area (Å²) < 4.78 is 0. The van der Waals surface area contributed by atoms with E-state index in [1.54, 1.807) is 6.20 Å². The van der Waals surface area contributed by atoms with Gasteiger partial charge in [0.15, 0.2) is 0 Å². The zero-order valence-electron chi connectivity index (χ0n) is 11.9. The van der Waals surface area contributed by atoms with Gasteiger partial charge in [-0.1, -0.05) is 31.2 Å². The fourth-order valence-corrected chi connectivity index (χ4v) is 2.52. The van der Waals surface area contributed by atoms with Gasteiger partial charge in [0.1, 0.15) is 0 Å². The van der Waals surface area contributed by atoms with Crippen LogP contribution in [0.25, 0.3) is 10.8 Å². The summed E-state index contributed by atoms with van der Waals surface area (Å²) in [6.45, 7) is 4.86. The van der Waals surface area contributed by atoms with Crippen LogP contribution < -0.4 is 0 Å². The van der Waals surface area contributed by atoms with E-state index in [1.807, 2.05) is 36.1 Å². The molecule has 2 aromatic rings. The molecule has 0 spiro atoms. The molecular formula is C16H20N2O2. The van der Waals surface area contributed by atoms with Gasteiger partial charge in [0.25, 0.3) is 0 Å². The van der Waals surface area contributed by atoms with Crippen molar-refractivity contribution in [2.75, 3.05) is 13.1 Å². The number of rotatable bonds is 6. The quantitative estimate of drug-likeness (QED) is 0.878. The number of aliphatic carboxylic acids is 1. The van der Waals surface area contributed by atoms with Crippen LogP contribution in [-0.2, 0) is 4.79 Å². The van der Waals surface area contributed by atoms with Gasteiger partial charge in [0, 0.05) is 11.6 Å². The standard InChI is InChI=1S/C16H20N2O2/c1-3-10-18(11-15(19)20)12(2)16-14-7-5-4-6-13(14)8-9-17-16/h4-9,12H,3,10-11H2,1-2H3,(H,19,20). The molecule has 1 atom stereocenters. The van der Waals surface area contributed by atoms with Crippen molar-refractivity contribution in [1.29, 1.82) is 0 Å². The predicted molar refractivity (Wildman–Crippen MR) is 79.7 cm³/mol. The molecule has 0 bridgehead atoms. The molecule has 1 heterocycles. The Morgan fingerprint density at radius 1 is 1.35 bits per heavy atom. The molecule has 0 fully saturated rings. The van der Waals surface area contributed by atoms with Crippen LogP contribution in [0.15, 0.2) is 36.5 Å². The van der Waals surface area contributed by atoms with Crippen molar-refractivity contribution in [3.63, 3.8) is 0 Å². The van der Waals surface area contributed by atoms with E-state index in [1.165, 1.54) is 0 Å². The molecule has 20 heavy (non-hydrogen) atoms. The SMILES string of the molecule is CCCN(CC(=O)O)C(C)c1nccc2ccccc12. The molecular weight excluding hydrogens is 252 g/mol. The number of benzene rings is 1. The lowest BCUT2D eigenvalue weighted by Gasteiger charge is -2.27. The average Bonchev–Trinajstić information content (AvgIpc) is 2.45. The first-order valence-electron chi connectivity index (χ1n) is 6.93. The normalized spacial score (nSPS) is 12.8. The van der Waals surface area contributed by atoms with Crippen LogP contribution in [0.2, 0.25) is 0 Å². The molecule has 106 valence electrons. The molecule has 1 aromatic carbocycles. The summed E-state index contributed by atoms with van der Waals surface area (Å²) in [4.78, 5) is 17.5. The Morgan fingerprint density at radius 3 is 2.80 bits per heavy atom.